The zero-order valence-electron chi connectivity index (χ0n) is 8.45. The average Bonchev–Trinajstić information content (AvgIpc) is 2.17. The second-order valence-corrected chi connectivity index (χ2v) is 3.53. The quantitative estimate of drug-likeness (QED) is 0.547. The molecule has 0 aliphatic heterocycles. The minimum atomic E-state index is 0.0191. The fourth-order valence-corrected chi connectivity index (χ4v) is 1.77. The number of carbonyl (C=O) groups is 1. The minimum absolute atomic E-state index is 0.0191. The van der Waals surface area contributed by atoms with Gasteiger partial charge in [-0.2, -0.15) is 0 Å². The Bertz CT molecular complexity index is 538. The lowest BCUT2D eigenvalue weighted by Gasteiger charge is -2.08. The molecule has 0 unspecified atom stereocenters. The van der Waals surface area contributed by atoms with E-state index < -0.39 is 0 Å². The molecule has 2 rings (SSSR count). The fourth-order valence-electron chi connectivity index (χ4n) is 1.77. The van der Waals surface area contributed by atoms with Gasteiger partial charge in [0.2, 0.25) is 0 Å². The molecule has 0 heterocycles. The largest absolute Gasteiger partial charge is 0.398 e. The van der Waals surface area contributed by atoms with Crippen molar-refractivity contribution >= 4 is 27.9 Å². The highest BCUT2D eigenvalue weighted by Gasteiger charge is 2.09. The molecule has 0 atom stereocenters. The smallest absolute Gasteiger partial charge is 0.160 e. The van der Waals surface area contributed by atoms with E-state index in [1.54, 1.807) is 18.2 Å². The zero-order chi connectivity index (χ0) is 11.0. The van der Waals surface area contributed by atoms with E-state index in [2.05, 4.69) is 0 Å². The maximum absolute atomic E-state index is 11.4. The van der Waals surface area contributed by atoms with Gasteiger partial charge in [-0.1, -0.05) is 12.1 Å². The van der Waals surface area contributed by atoms with Gasteiger partial charge in [0.1, 0.15) is 0 Å². The topological polar surface area (TPSA) is 69.1 Å². The van der Waals surface area contributed by atoms with Gasteiger partial charge in [0, 0.05) is 22.3 Å². The highest BCUT2D eigenvalue weighted by Crippen LogP contribution is 2.29. The zero-order valence-corrected chi connectivity index (χ0v) is 8.45. The van der Waals surface area contributed by atoms with Crippen molar-refractivity contribution in [1.82, 2.24) is 0 Å². The lowest BCUT2D eigenvalue weighted by Crippen LogP contribution is -1.98. The third kappa shape index (κ3) is 1.42. The first-order valence-corrected chi connectivity index (χ1v) is 4.69. The number of fused-ring (bicyclic) bond motifs is 1. The summed E-state index contributed by atoms with van der Waals surface area (Å²) in [5, 5.41) is 1.59. The fraction of sp³-hybridized carbons (Fsp3) is 0.0833. The summed E-state index contributed by atoms with van der Waals surface area (Å²) < 4.78 is 0. The number of nitrogens with two attached hydrogens (primary N) is 2. The van der Waals surface area contributed by atoms with Gasteiger partial charge in [-0.05, 0) is 30.5 Å². The van der Waals surface area contributed by atoms with Gasteiger partial charge in [0.05, 0.1) is 0 Å². The third-order valence-electron chi connectivity index (χ3n) is 2.48. The van der Waals surface area contributed by atoms with E-state index in [9.17, 15) is 4.79 Å². The Kier molecular flexibility index (Phi) is 2.08. The number of hydrogen-bond acceptors (Lipinski definition) is 3. The molecule has 0 aliphatic rings. The van der Waals surface area contributed by atoms with Crippen molar-refractivity contribution in [2.45, 2.75) is 6.92 Å². The summed E-state index contributed by atoms with van der Waals surface area (Å²) in [7, 11) is 0. The highest BCUT2D eigenvalue weighted by molar-refractivity contribution is 6.13. The van der Waals surface area contributed by atoms with Crippen molar-refractivity contribution in [2.75, 3.05) is 11.5 Å². The summed E-state index contributed by atoms with van der Waals surface area (Å²) in [4.78, 5) is 11.4. The number of rotatable bonds is 1. The van der Waals surface area contributed by atoms with Crippen molar-refractivity contribution in [3.63, 3.8) is 0 Å². The van der Waals surface area contributed by atoms with E-state index in [0.717, 1.165) is 10.8 Å². The molecule has 3 heteroatoms. The predicted octanol–water partition coefficient (Wildman–Crippen LogP) is 2.21. The number of hydrogen-bond donors (Lipinski definition) is 2. The Morgan fingerprint density at radius 3 is 2.40 bits per heavy atom. The lowest BCUT2D eigenvalue weighted by atomic mass is 9.99. The molecule has 0 bridgehead atoms. The van der Waals surface area contributed by atoms with Crippen LogP contribution in [0.3, 0.4) is 0 Å². The van der Waals surface area contributed by atoms with Crippen LogP contribution in [-0.2, 0) is 0 Å². The molecule has 0 aliphatic carbocycles. The summed E-state index contributed by atoms with van der Waals surface area (Å²) in [6, 6.07) is 8.92. The monoisotopic (exact) mass is 200 g/mol. The van der Waals surface area contributed by atoms with Crippen LogP contribution in [0.4, 0.5) is 11.4 Å². The first-order valence-electron chi connectivity index (χ1n) is 4.69. The molecule has 0 spiro atoms. The van der Waals surface area contributed by atoms with E-state index in [-0.39, 0.29) is 5.78 Å². The van der Waals surface area contributed by atoms with Crippen molar-refractivity contribution in [3.8, 4) is 0 Å². The Labute approximate surface area is 87.7 Å². The number of ketones is 1. The van der Waals surface area contributed by atoms with Crippen LogP contribution in [0.1, 0.15) is 17.3 Å². The highest BCUT2D eigenvalue weighted by atomic mass is 16.1. The van der Waals surface area contributed by atoms with E-state index in [0.29, 0.717) is 16.9 Å². The lowest BCUT2D eigenvalue weighted by molar-refractivity contribution is 0.101. The number of anilines is 2. The van der Waals surface area contributed by atoms with Gasteiger partial charge < -0.3 is 11.5 Å². The average molecular weight is 200 g/mol. The Hall–Kier alpha value is -2.03. The maximum Gasteiger partial charge on any atom is 0.160 e. The molecular formula is C12H12N2O. The van der Waals surface area contributed by atoms with Crippen LogP contribution in [0.25, 0.3) is 10.8 Å². The van der Waals surface area contributed by atoms with Crippen molar-refractivity contribution in [1.29, 1.82) is 0 Å². The van der Waals surface area contributed by atoms with Crippen LogP contribution in [0.5, 0.6) is 0 Å². The predicted molar refractivity (Wildman–Crippen MR) is 62.8 cm³/mol. The SMILES string of the molecule is CC(=O)c1ccc(N)c2c(N)cccc12. The third-order valence-corrected chi connectivity index (χ3v) is 2.48. The Balaban J connectivity index is 2.95. The molecule has 0 amide bonds. The Morgan fingerprint density at radius 2 is 1.73 bits per heavy atom. The first-order chi connectivity index (χ1) is 7.11. The van der Waals surface area contributed by atoms with E-state index >= 15 is 0 Å². The van der Waals surface area contributed by atoms with E-state index in [1.807, 2.05) is 12.1 Å². The van der Waals surface area contributed by atoms with Crippen LogP contribution >= 0.6 is 0 Å². The number of benzene rings is 2. The van der Waals surface area contributed by atoms with E-state index in [1.165, 1.54) is 6.92 Å². The second kappa shape index (κ2) is 3.28. The number of carbonyl (C=O) groups excluding carboxylic acids is 1. The summed E-state index contributed by atoms with van der Waals surface area (Å²) in [6.45, 7) is 1.54. The van der Waals surface area contributed by atoms with Crippen LogP contribution in [-0.4, -0.2) is 5.78 Å². The molecular weight excluding hydrogens is 188 g/mol. The van der Waals surface area contributed by atoms with Crippen LogP contribution < -0.4 is 11.5 Å². The second-order valence-electron chi connectivity index (χ2n) is 3.53. The molecule has 0 saturated heterocycles. The molecule has 0 radical (unpaired) electrons. The van der Waals surface area contributed by atoms with Gasteiger partial charge in [-0.25, -0.2) is 0 Å². The van der Waals surface area contributed by atoms with Gasteiger partial charge in [0.15, 0.2) is 5.78 Å². The van der Waals surface area contributed by atoms with Crippen molar-refractivity contribution in [2.24, 2.45) is 0 Å². The molecule has 0 fully saturated rings. The van der Waals surface area contributed by atoms with Crippen molar-refractivity contribution in [3.05, 3.63) is 35.9 Å². The summed E-state index contributed by atoms with van der Waals surface area (Å²) >= 11 is 0. The van der Waals surface area contributed by atoms with Crippen LogP contribution in [0.2, 0.25) is 0 Å². The van der Waals surface area contributed by atoms with Crippen LogP contribution in [0, 0.1) is 0 Å². The van der Waals surface area contributed by atoms with Gasteiger partial charge in [0.25, 0.3) is 0 Å². The molecule has 0 saturated carbocycles. The van der Waals surface area contributed by atoms with E-state index in [4.69, 9.17) is 11.5 Å². The van der Waals surface area contributed by atoms with Gasteiger partial charge in [-0.15, -0.1) is 0 Å². The molecule has 2 aromatic carbocycles. The standard InChI is InChI=1S/C12H12N2O/c1-7(15)8-5-6-11(14)12-9(8)3-2-4-10(12)13/h2-6H,13-14H2,1H3. The first kappa shape index (κ1) is 9.52. The molecule has 3 nitrogen and oxygen atoms in total. The number of Topliss-reactive ketones (excluding diaryl/α,β-unsaturated/α-hetero) is 1. The van der Waals surface area contributed by atoms with Gasteiger partial charge >= 0.3 is 0 Å². The molecule has 15 heavy (non-hydrogen) atoms. The molecule has 4 N–H and O–H groups in total. The summed E-state index contributed by atoms with van der Waals surface area (Å²) in [6.07, 6.45) is 0. The molecule has 0 aromatic heterocycles. The normalized spacial score (nSPS) is 10.5. The van der Waals surface area contributed by atoms with Crippen molar-refractivity contribution < 1.29 is 4.79 Å². The Morgan fingerprint density at radius 1 is 1.07 bits per heavy atom. The molecule has 2 aromatic rings. The van der Waals surface area contributed by atoms with Crippen LogP contribution in [0.15, 0.2) is 30.3 Å². The minimum Gasteiger partial charge on any atom is -0.398 e. The number of nitrogen functional groups attached to an aromatic ring is 2. The molecule has 76 valence electrons. The van der Waals surface area contributed by atoms with Gasteiger partial charge in [-0.3, -0.25) is 4.79 Å². The summed E-state index contributed by atoms with van der Waals surface area (Å²) in [5.41, 5.74) is 13.5. The maximum atomic E-state index is 11.4. The summed E-state index contributed by atoms with van der Waals surface area (Å²) in [5.74, 6) is 0.0191.